The van der Waals surface area contributed by atoms with Crippen LogP contribution in [0.15, 0.2) is 24.5 Å². The molecule has 0 spiro atoms. The highest BCUT2D eigenvalue weighted by molar-refractivity contribution is 7.17. The first kappa shape index (κ1) is 21.5. The minimum Gasteiger partial charge on any atom is -0.477 e. The number of nitrogens with zero attached hydrogens (tertiary/aromatic N) is 6. The number of aromatic carboxylic acids is 1. The average molecular weight is 468 g/mol. The first-order valence-corrected chi connectivity index (χ1v) is 11.7. The second-order valence-corrected chi connectivity index (χ2v) is 9.29. The zero-order valence-electron chi connectivity index (χ0n) is 18.2. The summed E-state index contributed by atoms with van der Waals surface area (Å²) in [4.78, 5) is 34.2. The molecule has 0 saturated carbocycles. The zero-order valence-corrected chi connectivity index (χ0v) is 19.0. The summed E-state index contributed by atoms with van der Waals surface area (Å²) in [6.45, 7) is 4.65. The van der Waals surface area contributed by atoms with Gasteiger partial charge in [0.25, 0.3) is 0 Å². The summed E-state index contributed by atoms with van der Waals surface area (Å²) < 4.78 is 0. The normalized spacial score (nSPS) is 16.2. The fourth-order valence-electron chi connectivity index (χ4n) is 4.30. The van der Waals surface area contributed by atoms with E-state index in [1.807, 2.05) is 18.3 Å². The van der Waals surface area contributed by atoms with Gasteiger partial charge in [0.05, 0.1) is 11.8 Å². The number of anilines is 4. The monoisotopic (exact) mass is 467 g/mol. The Morgan fingerprint density at radius 1 is 1.21 bits per heavy atom. The van der Waals surface area contributed by atoms with Crippen molar-refractivity contribution in [3.05, 3.63) is 46.2 Å². The van der Waals surface area contributed by atoms with Crippen LogP contribution < -0.4 is 15.1 Å². The molecule has 3 aromatic rings. The molecule has 1 fully saturated rings. The van der Waals surface area contributed by atoms with E-state index in [1.54, 1.807) is 13.1 Å². The third-order valence-corrected chi connectivity index (χ3v) is 7.03. The van der Waals surface area contributed by atoms with Gasteiger partial charge in [-0.1, -0.05) is 17.4 Å². The Morgan fingerprint density at radius 2 is 2.00 bits per heavy atom. The molecule has 0 aromatic carbocycles. The minimum absolute atomic E-state index is 0.196. The number of thiazole rings is 1. The molecule has 3 aromatic heterocycles. The van der Waals surface area contributed by atoms with E-state index < -0.39 is 5.97 Å². The number of hydrogen-bond donors (Lipinski definition) is 3. The summed E-state index contributed by atoms with van der Waals surface area (Å²) in [7, 11) is 0. The lowest BCUT2D eigenvalue weighted by Crippen LogP contribution is -2.37. The fraction of sp³-hybridized carbons (Fsp3) is 0.409. The lowest BCUT2D eigenvalue weighted by Gasteiger charge is -2.32. The molecule has 10 nitrogen and oxygen atoms in total. The van der Waals surface area contributed by atoms with Crippen LogP contribution in [0.1, 0.15) is 39.3 Å². The zero-order chi connectivity index (χ0) is 22.9. The molecule has 0 radical (unpaired) electrons. The van der Waals surface area contributed by atoms with Gasteiger partial charge in [0, 0.05) is 44.1 Å². The van der Waals surface area contributed by atoms with Crippen LogP contribution in [0.25, 0.3) is 0 Å². The summed E-state index contributed by atoms with van der Waals surface area (Å²) in [5.41, 5.74) is 2.66. The second-order valence-electron chi connectivity index (χ2n) is 8.29. The fourth-order valence-corrected chi connectivity index (χ4v) is 5.10. The third kappa shape index (κ3) is 4.46. The number of rotatable bonds is 6. The number of carbonyl (C=O) groups is 1. The number of aromatic nitrogens is 4. The first-order valence-electron chi connectivity index (χ1n) is 10.9. The molecule has 3 N–H and O–H groups in total. The molecule has 33 heavy (non-hydrogen) atoms. The Bertz CT molecular complexity index is 1160. The van der Waals surface area contributed by atoms with Crippen LogP contribution in [0.4, 0.5) is 22.7 Å². The van der Waals surface area contributed by atoms with Crippen molar-refractivity contribution in [1.29, 1.82) is 0 Å². The van der Waals surface area contributed by atoms with Gasteiger partial charge in [0.1, 0.15) is 16.5 Å². The maximum Gasteiger partial charge on any atom is 0.347 e. The maximum absolute atomic E-state index is 11.4. The molecular formula is C22H25N7O3S. The Balaban J connectivity index is 1.50. The van der Waals surface area contributed by atoms with Crippen molar-refractivity contribution in [2.24, 2.45) is 0 Å². The SMILES string of the molecule is Cc1nc(Nc2nc(N3CCC(O)CC3)c3c(n2)N(Cc2cccnc2)CC3)sc1C(=O)O. The third-order valence-electron chi connectivity index (χ3n) is 5.96. The van der Waals surface area contributed by atoms with Crippen molar-refractivity contribution in [1.82, 2.24) is 19.9 Å². The van der Waals surface area contributed by atoms with Crippen LogP contribution in [-0.2, 0) is 13.0 Å². The number of aliphatic hydroxyl groups is 1. The molecule has 2 aliphatic heterocycles. The van der Waals surface area contributed by atoms with Gasteiger partial charge in [-0.25, -0.2) is 9.78 Å². The molecule has 0 atom stereocenters. The van der Waals surface area contributed by atoms with Crippen LogP contribution in [-0.4, -0.2) is 61.9 Å². The van der Waals surface area contributed by atoms with E-state index in [0.29, 0.717) is 36.2 Å². The summed E-state index contributed by atoms with van der Waals surface area (Å²) in [6.07, 6.45) is 5.59. The standard InChI is InChI=1S/C22H25N7O3S/c1-13-17(20(31)32)33-22(24-13)27-21-25-18(28-8-4-15(30)5-9-28)16-6-10-29(19(16)26-21)12-14-3-2-7-23-11-14/h2-3,7,11,15,30H,4-6,8-10,12H2,1H3,(H,31,32)(H,24,25,26,27). The summed E-state index contributed by atoms with van der Waals surface area (Å²) in [6, 6.07) is 3.97. The molecule has 1 saturated heterocycles. The van der Waals surface area contributed by atoms with Crippen LogP contribution in [0.2, 0.25) is 0 Å². The Labute approximate surface area is 195 Å². The number of nitrogens with one attached hydrogen (secondary N) is 1. The van der Waals surface area contributed by atoms with E-state index in [0.717, 1.165) is 60.2 Å². The van der Waals surface area contributed by atoms with Gasteiger partial charge in [-0.3, -0.25) is 10.3 Å². The van der Waals surface area contributed by atoms with Gasteiger partial charge in [0.15, 0.2) is 5.13 Å². The van der Waals surface area contributed by atoms with Crippen molar-refractivity contribution in [3.8, 4) is 0 Å². The van der Waals surface area contributed by atoms with Gasteiger partial charge in [-0.15, -0.1) is 0 Å². The van der Waals surface area contributed by atoms with Crippen molar-refractivity contribution < 1.29 is 15.0 Å². The molecule has 0 bridgehead atoms. The maximum atomic E-state index is 11.4. The molecule has 0 amide bonds. The molecule has 5 rings (SSSR count). The number of piperidine rings is 1. The number of aryl methyl sites for hydroxylation is 1. The van der Waals surface area contributed by atoms with Crippen molar-refractivity contribution in [2.75, 3.05) is 34.8 Å². The highest BCUT2D eigenvalue weighted by atomic mass is 32.1. The summed E-state index contributed by atoms with van der Waals surface area (Å²) in [5, 5.41) is 22.9. The Morgan fingerprint density at radius 3 is 2.70 bits per heavy atom. The number of carboxylic acids is 1. The predicted molar refractivity (Wildman–Crippen MR) is 126 cm³/mol. The molecule has 0 aliphatic carbocycles. The van der Waals surface area contributed by atoms with Crippen LogP contribution in [0.3, 0.4) is 0 Å². The van der Waals surface area contributed by atoms with Gasteiger partial charge in [-0.05, 0) is 37.8 Å². The van der Waals surface area contributed by atoms with Crippen LogP contribution in [0, 0.1) is 6.92 Å². The van der Waals surface area contributed by atoms with Gasteiger partial charge < -0.3 is 20.0 Å². The number of pyridine rings is 1. The van der Waals surface area contributed by atoms with Gasteiger partial charge >= 0.3 is 5.97 Å². The number of fused-ring (bicyclic) bond motifs is 1. The van der Waals surface area contributed by atoms with Crippen molar-refractivity contribution in [2.45, 2.75) is 38.8 Å². The van der Waals surface area contributed by atoms with Crippen molar-refractivity contribution in [3.63, 3.8) is 0 Å². The Kier molecular flexibility index (Phi) is 5.81. The van der Waals surface area contributed by atoms with Gasteiger partial charge in [0.2, 0.25) is 5.95 Å². The number of aliphatic hydroxyl groups excluding tert-OH is 1. The highest BCUT2D eigenvalue weighted by Crippen LogP contribution is 2.37. The average Bonchev–Trinajstić information content (AvgIpc) is 3.38. The van der Waals surface area contributed by atoms with Crippen molar-refractivity contribution >= 4 is 40.0 Å². The minimum atomic E-state index is -0.997. The number of carboxylic acid groups (broad SMARTS) is 1. The quantitative estimate of drug-likeness (QED) is 0.498. The number of hydrogen-bond acceptors (Lipinski definition) is 10. The topological polar surface area (TPSA) is 128 Å². The smallest absolute Gasteiger partial charge is 0.347 e. The molecule has 5 heterocycles. The first-order chi connectivity index (χ1) is 16.0. The summed E-state index contributed by atoms with van der Waals surface area (Å²) in [5.74, 6) is 1.13. The largest absolute Gasteiger partial charge is 0.477 e. The highest BCUT2D eigenvalue weighted by Gasteiger charge is 2.30. The molecule has 0 unspecified atom stereocenters. The van der Waals surface area contributed by atoms with E-state index in [4.69, 9.17) is 9.97 Å². The van der Waals surface area contributed by atoms with Gasteiger partial charge in [-0.2, -0.15) is 9.97 Å². The van der Waals surface area contributed by atoms with E-state index in [1.165, 1.54) is 0 Å². The lowest BCUT2D eigenvalue weighted by molar-refractivity contribution is 0.0701. The van der Waals surface area contributed by atoms with E-state index in [9.17, 15) is 15.0 Å². The Hall–Kier alpha value is -3.31. The lowest BCUT2D eigenvalue weighted by atomic mass is 10.1. The van der Waals surface area contributed by atoms with E-state index in [2.05, 4.69) is 25.1 Å². The van der Waals surface area contributed by atoms with E-state index in [-0.39, 0.29) is 11.0 Å². The second kappa shape index (κ2) is 8.91. The van der Waals surface area contributed by atoms with Crippen LogP contribution >= 0.6 is 11.3 Å². The van der Waals surface area contributed by atoms with E-state index >= 15 is 0 Å². The van der Waals surface area contributed by atoms with Crippen LogP contribution in [0.5, 0.6) is 0 Å². The molecule has 2 aliphatic rings. The molecule has 11 heteroatoms. The molecular weight excluding hydrogens is 442 g/mol. The predicted octanol–water partition coefficient (Wildman–Crippen LogP) is 2.60. The summed E-state index contributed by atoms with van der Waals surface area (Å²) >= 11 is 1.07. The molecule has 172 valence electrons.